The largest absolute Gasteiger partial charge is 0.378 e. The van der Waals surface area contributed by atoms with Crippen molar-refractivity contribution < 1.29 is 34.8 Å². The zero-order valence-electron chi connectivity index (χ0n) is 26.0. The number of hydrogen-bond acceptors (Lipinski definition) is 10. The van der Waals surface area contributed by atoms with Gasteiger partial charge >= 0.3 is 20.2 Å². The van der Waals surface area contributed by atoms with Crippen LogP contribution in [0.4, 0.5) is 0 Å². The molecule has 12 nitrogen and oxygen atoms in total. The van der Waals surface area contributed by atoms with E-state index in [-0.39, 0.29) is 45.3 Å². The van der Waals surface area contributed by atoms with E-state index in [2.05, 4.69) is 21.1 Å². The molecule has 2 N–H and O–H groups in total. The average Bonchev–Trinajstić information content (AvgIpc) is 3.02. The summed E-state index contributed by atoms with van der Waals surface area (Å²) < 4.78 is 61.9. The van der Waals surface area contributed by atoms with Gasteiger partial charge in [0.25, 0.3) is 11.8 Å². The zero-order chi connectivity index (χ0) is 34.4. The van der Waals surface area contributed by atoms with Crippen molar-refractivity contribution in [1.29, 1.82) is 0 Å². The molecular weight excluding hydrogens is 657 g/mol. The SMILES string of the molecule is Cc1ccc(S(=O)(=O)Oc2ccccc2/C=N/NC(=O)C2(C(=O)N/N=C/c3ccccc3OS(=O)(=O)c3ccc(C)cc3)CCC2)cc1. The second-order valence-corrected chi connectivity index (χ2v) is 14.2. The third kappa shape index (κ3) is 7.78. The fraction of sp³-hybridized carbons (Fsp3) is 0.176. The van der Waals surface area contributed by atoms with Gasteiger partial charge in [-0.2, -0.15) is 27.0 Å². The van der Waals surface area contributed by atoms with E-state index in [0.29, 0.717) is 6.42 Å². The van der Waals surface area contributed by atoms with E-state index in [1.807, 2.05) is 13.8 Å². The lowest BCUT2D eigenvalue weighted by molar-refractivity contribution is -0.149. The highest BCUT2D eigenvalue weighted by molar-refractivity contribution is 7.87. The molecule has 0 bridgehead atoms. The summed E-state index contributed by atoms with van der Waals surface area (Å²) >= 11 is 0. The summed E-state index contributed by atoms with van der Waals surface area (Å²) in [7, 11) is -8.26. The van der Waals surface area contributed by atoms with Crippen molar-refractivity contribution in [2.24, 2.45) is 15.6 Å². The van der Waals surface area contributed by atoms with E-state index in [0.717, 1.165) is 11.1 Å². The molecule has 1 aliphatic carbocycles. The summed E-state index contributed by atoms with van der Waals surface area (Å²) in [6.45, 7) is 3.67. The van der Waals surface area contributed by atoms with Crippen molar-refractivity contribution in [1.82, 2.24) is 10.9 Å². The standard InChI is InChI=1S/C34H32N4O8S2/c1-24-12-16-28(17-13-24)47(41,42)45-30-10-5-3-8-26(30)22-35-37-32(39)34(20-7-21-34)33(40)38-36-23-27-9-4-6-11-31(27)46-48(43,44)29-18-14-25(2)15-19-29/h3-6,8-19,22-23H,7,20-21H2,1-2H3,(H,37,39)(H,38,40)/b35-22+,36-23+. The van der Waals surface area contributed by atoms with Crippen molar-refractivity contribution in [3.63, 3.8) is 0 Å². The highest BCUT2D eigenvalue weighted by Gasteiger charge is 2.51. The van der Waals surface area contributed by atoms with Crippen LogP contribution in [0.1, 0.15) is 41.5 Å². The lowest BCUT2D eigenvalue weighted by Gasteiger charge is -2.36. The first-order chi connectivity index (χ1) is 22.9. The van der Waals surface area contributed by atoms with Crippen LogP contribution in [0.15, 0.2) is 117 Å². The molecule has 0 aliphatic heterocycles. The van der Waals surface area contributed by atoms with E-state index in [1.54, 1.807) is 60.7 Å². The Kier molecular flexibility index (Phi) is 10.1. The second kappa shape index (κ2) is 14.2. The van der Waals surface area contributed by atoms with Gasteiger partial charge < -0.3 is 8.37 Å². The molecule has 0 heterocycles. The molecule has 248 valence electrons. The Bertz CT molecular complexity index is 1940. The minimum atomic E-state index is -4.13. The van der Waals surface area contributed by atoms with Crippen molar-refractivity contribution in [2.45, 2.75) is 42.9 Å². The highest BCUT2D eigenvalue weighted by Crippen LogP contribution is 2.41. The van der Waals surface area contributed by atoms with Gasteiger partial charge in [0.05, 0.1) is 12.4 Å². The predicted molar refractivity (Wildman–Crippen MR) is 179 cm³/mol. The quantitative estimate of drug-likeness (QED) is 0.0941. The van der Waals surface area contributed by atoms with Gasteiger partial charge in [-0.3, -0.25) is 9.59 Å². The minimum Gasteiger partial charge on any atom is -0.378 e. The van der Waals surface area contributed by atoms with Crippen molar-refractivity contribution in [2.75, 3.05) is 0 Å². The van der Waals surface area contributed by atoms with Crippen LogP contribution in [-0.4, -0.2) is 41.1 Å². The number of benzene rings is 4. The van der Waals surface area contributed by atoms with E-state index < -0.39 is 37.5 Å². The van der Waals surface area contributed by atoms with Gasteiger partial charge in [0.1, 0.15) is 15.2 Å². The number of amides is 2. The van der Waals surface area contributed by atoms with Crippen LogP contribution in [0.5, 0.6) is 11.5 Å². The monoisotopic (exact) mass is 688 g/mol. The summed E-state index contributed by atoms with van der Waals surface area (Å²) in [4.78, 5) is 26.3. The summed E-state index contributed by atoms with van der Waals surface area (Å²) in [5.41, 5.74) is 5.63. The molecule has 1 fully saturated rings. The smallest absolute Gasteiger partial charge is 0.339 e. The molecule has 1 saturated carbocycles. The molecule has 1 aliphatic rings. The molecule has 0 aromatic heterocycles. The van der Waals surface area contributed by atoms with Crippen LogP contribution in [0.3, 0.4) is 0 Å². The molecule has 0 radical (unpaired) electrons. The number of para-hydroxylation sites is 2. The Morgan fingerprint density at radius 1 is 0.625 bits per heavy atom. The topological polar surface area (TPSA) is 170 Å². The van der Waals surface area contributed by atoms with Crippen LogP contribution in [0, 0.1) is 19.3 Å². The fourth-order valence-electron chi connectivity index (χ4n) is 4.69. The Hall–Kier alpha value is -5.34. The molecule has 0 spiro atoms. The predicted octanol–water partition coefficient (Wildman–Crippen LogP) is 4.61. The number of hydrogen-bond donors (Lipinski definition) is 2. The van der Waals surface area contributed by atoms with Crippen molar-refractivity contribution in [3.05, 3.63) is 119 Å². The fourth-order valence-corrected chi connectivity index (χ4v) is 6.60. The number of hydrazone groups is 2. The normalized spacial score (nSPS) is 14.3. The van der Waals surface area contributed by atoms with Gasteiger partial charge in [-0.1, -0.05) is 66.1 Å². The Morgan fingerprint density at radius 2 is 1.00 bits per heavy atom. The van der Waals surface area contributed by atoms with Crippen LogP contribution in [0.25, 0.3) is 0 Å². The molecule has 0 atom stereocenters. The molecule has 4 aromatic rings. The number of carbonyl (C=O) groups is 2. The van der Waals surface area contributed by atoms with Crippen molar-refractivity contribution in [3.8, 4) is 11.5 Å². The molecule has 14 heteroatoms. The number of aryl methyl sites for hydroxylation is 2. The first-order valence-electron chi connectivity index (χ1n) is 14.8. The Morgan fingerprint density at radius 3 is 1.35 bits per heavy atom. The molecule has 0 saturated heterocycles. The maximum absolute atomic E-state index is 13.2. The molecular formula is C34H32N4O8S2. The third-order valence-electron chi connectivity index (χ3n) is 7.67. The molecule has 4 aromatic carbocycles. The minimum absolute atomic E-state index is 0.00237. The van der Waals surface area contributed by atoms with Gasteiger partial charge in [0.15, 0.2) is 11.5 Å². The lowest BCUT2D eigenvalue weighted by atomic mass is 9.67. The van der Waals surface area contributed by atoms with E-state index in [9.17, 15) is 26.4 Å². The molecule has 5 rings (SSSR count). The number of nitrogens with zero attached hydrogens (tertiary/aromatic N) is 2. The van der Waals surface area contributed by atoms with Crippen LogP contribution in [0.2, 0.25) is 0 Å². The van der Waals surface area contributed by atoms with Gasteiger partial charge in [0, 0.05) is 11.1 Å². The molecule has 48 heavy (non-hydrogen) atoms. The Labute approximate surface area is 278 Å². The van der Waals surface area contributed by atoms with Gasteiger partial charge in [-0.25, -0.2) is 10.9 Å². The van der Waals surface area contributed by atoms with E-state index in [1.165, 1.54) is 48.8 Å². The lowest BCUT2D eigenvalue weighted by Crippen LogP contribution is -2.53. The highest BCUT2D eigenvalue weighted by atomic mass is 32.2. The summed E-state index contributed by atoms with van der Waals surface area (Å²) in [5, 5.41) is 7.92. The molecule has 2 amide bonds. The van der Waals surface area contributed by atoms with Gasteiger partial charge in [-0.15, -0.1) is 0 Å². The van der Waals surface area contributed by atoms with E-state index in [4.69, 9.17) is 8.37 Å². The van der Waals surface area contributed by atoms with Crippen LogP contribution >= 0.6 is 0 Å². The van der Waals surface area contributed by atoms with Gasteiger partial charge in [-0.05, 0) is 75.2 Å². The summed E-state index contributed by atoms with van der Waals surface area (Å²) in [6.07, 6.45) is 3.57. The second-order valence-electron chi connectivity index (χ2n) is 11.1. The number of rotatable bonds is 12. The maximum atomic E-state index is 13.2. The van der Waals surface area contributed by atoms with Gasteiger partial charge in [0.2, 0.25) is 0 Å². The Balaban J connectivity index is 1.23. The first-order valence-corrected chi connectivity index (χ1v) is 17.6. The number of carbonyl (C=O) groups excluding carboxylic acids is 2. The zero-order valence-corrected chi connectivity index (χ0v) is 27.6. The van der Waals surface area contributed by atoms with E-state index >= 15 is 0 Å². The van der Waals surface area contributed by atoms with Crippen molar-refractivity contribution >= 4 is 44.5 Å². The maximum Gasteiger partial charge on any atom is 0.339 e. The average molecular weight is 689 g/mol. The summed E-state index contributed by atoms with van der Waals surface area (Å²) in [5.74, 6) is -1.34. The van der Waals surface area contributed by atoms with Crippen LogP contribution < -0.4 is 19.2 Å². The summed E-state index contributed by atoms with van der Waals surface area (Å²) in [6, 6.07) is 24.9. The third-order valence-corrected chi connectivity index (χ3v) is 10.2. The first kappa shape index (κ1) is 34.0. The number of nitrogens with one attached hydrogen (secondary N) is 2. The molecule has 0 unspecified atom stereocenters. The van der Waals surface area contributed by atoms with Crippen LogP contribution in [-0.2, 0) is 29.8 Å².